The fourth-order valence-corrected chi connectivity index (χ4v) is 5.00. The zero-order valence-electron chi connectivity index (χ0n) is 19.8. The van der Waals surface area contributed by atoms with E-state index in [-0.39, 0.29) is 29.9 Å². The lowest BCUT2D eigenvalue weighted by atomic mass is 10.1. The molecule has 9 nitrogen and oxygen atoms in total. The van der Waals surface area contributed by atoms with Gasteiger partial charge in [0, 0.05) is 12.6 Å². The molecule has 0 saturated heterocycles. The van der Waals surface area contributed by atoms with E-state index in [2.05, 4.69) is 0 Å². The maximum Gasteiger partial charge on any atom is 0.300 e. The molecular weight excluding hydrogens is 472 g/mol. The van der Waals surface area contributed by atoms with Gasteiger partial charge in [0.05, 0.1) is 7.11 Å². The van der Waals surface area contributed by atoms with Crippen LogP contribution in [0.3, 0.4) is 0 Å². The number of allylic oxidation sites excluding steroid dienone is 1. The monoisotopic (exact) mass is 498 g/mol. The van der Waals surface area contributed by atoms with E-state index in [1.807, 2.05) is 53.3 Å². The third-order valence-corrected chi connectivity index (χ3v) is 7.08. The number of aryl methyl sites for hydroxylation is 1. The Kier molecular flexibility index (Phi) is 6.74. The van der Waals surface area contributed by atoms with Crippen LogP contribution in [0.15, 0.2) is 69.8 Å². The number of hydrogen-bond acceptors (Lipinski definition) is 8. The number of carbonyl (C=O) groups is 1. The Morgan fingerprint density at radius 1 is 1.03 bits per heavy atom. The Bertz CT molecular complexity index is 1360. The molecule has 2 aromatic carbocycles. The molecule has 10 heteroatoms. The average Bonchev–Trinajstić information content (AvgIpc) is 3.39. The number of furan rings is 1. The van der Waals surface area contributed by atoms with Gasteiger partial charge in [-0.15, -0.1) is 0 Å². The molecule has 0 bridgehead atoms. The highest BCUT2D eigenvalue weighted by Gasteiger charge is 2.32. The molecule has 35 heavy (non-hydrogen) atoms. The summed E-state index contributed by atoms with van der Waals surface area (Å²) in [5.41, 5.74) is 2.71. The molecule has 0 aliphatic carbocycles. The molecule has 0 spiro atoms. The smallest absolute Gasteiger partial charge is 0.300 e. The highest BCUT2D eigenvalue weighted by Crippen LogP contribution is 2.26. The highest BCUT2D eigenvalue weighted by molar-refractivity contribution is 7.93. The first-order valence-corrected chi connectivity index (χ1v) is 12.2. The predicted octanol–water partition coefficient (Wildman–Crippen LogP) is 4.01. The number of nitrogens with one attached hydrogen (secondary N) is 1. The quantitative estimate of drug-likeness (QED) is 0.496. The third-order valence-electron chi connectivity index (χ3n) is 5.52. The van der Waals surface area contributed by atoms with E-state index >= 15 is 0 Å². The summed E-state index contributed by atoms with van der Waals surface area (Å²) in [5, 5.41) is -0.0872. The summed E-state index contributed by atoms with van der Waals surface area (Å²) in [4.78, 5) is 14.0. The first kappa shape index (κ1) is 24.2. The Labute approximate surface area is 204 Å². The van der Waals surface area contributed by atoms with Gasteiger partial charge < -0.3 is 23.5 Å². The molecule has 0 radical (unpaired) electrons. The van der Waals surface area contributed by atoms with Crippen LogP contribution in [0.2, 0.25) is 0 Å². The molecular formula is C25H26N2O7S. The zero-order valence-corrected chi connectivity index (χ0v) is 20.6. The lowest BCUT2D eigenvalue weighted by molar-refractivity contribution is 0.0953. The second kappa shape index (κ2) is 9.75. The van der Waals surface area contributed by atoms with Crippen molar-refractivity contribution in [2.45, 2.75) is 20.5 Å². The van der Waals surface area contributed by atoms with Gasteiger partial charge in [-0.25, -0.2) is 4.72 Å². The zero-order chi connectivity index (χ0) is 25.2. The van der Waals surface area contributed by atoms with Crippen molar-refractivity contribution in [3.05, 3.63) is 82.5 Å². The summed E-state index contributed by atoms with van der Waals surface area (Å²) < 4.78 is 49.0. The largest absolute Gasteiger partial charge is 0.497 e. The minimum atomic E-state index is -4.11. The van der Waals surface area contributed by atoms with Crippen molar-refractivity contribution in [2.75, 3.05) is 20.9 Å². The van der Waals surface area contributed by atoms with Gasteiger partial charge in [-0.3, -0.25) is 4.79 Å². The van der Waals surface area contributed by atoms with E-state index in [0.717, 1.165) is 16.9 Å². The van der Waals surface area contributed by atoms with Gasteiger partial charge >= 0.3 is 5.91 Å². The van der Waals surface area contributed by atoms with Crippen molar-refractivity contribution in [3.8, 4) is 22.6 Å². The van der Waals surface area contributed by atoms with Crippen LogP contribution in [-0.2, 0) is 21.4 Å². The molecule has 4 rings (SSSR count). The predicted molar refractivity (Wildman–Crippen MR) is 129 cm³/mol. The van der Waals surface area contributed by atoms with Crippen molar-refractivity contribution >= 4 is 15.9 Å². The first-order valence-electron chi connectivity index (χ1n) is 10.8. The van der Waals surface area contributed by atoms with E-state index in [9.17, 15) is 13.2 Å². The van der Waals surface area contributed by atoms with Gasteiger partial charge in [0.15, 0.2) is 17.5 Å². The van der Waals surface area contributed by atoms with Crippen LogP contribution in [-0.4, -0.2) is 40.1 Å². The summed E-state index contributed by atoms with van der Waals surface area (Å²) >= 11 is 0. The number of carbonyl (C=O) groups excluding carboxylic acids is 1. The van der Waals surface area contributed by atoms with Crippen LogP contribution in [0.4, 0.5) is 0 Å². The second-order valence-electron chi connectivity index (χ2n) is 8.00. The lowest BCUT2D eigenvalue weighted by Crippen LogP contribution is -2.35. The Balaban J connectivity index is 1.40. The molecule has 0 fully saturated rings. The SMILES string of the molecule is COc1ccc(-c2ccc(OCc3cc(C(=O)NS(=O)(=O)C4=C(C)OCN4C)oc3C)cc2)cc1. The van der Waals surface area contributed by atoms with E-state index in [0.29, 0.717) is 17.1 Å². The molecule has 1 amide bonds. The average molecular weight is 499 g/mol. The van der Waals surface area contributed by atoms with Crippen LogP contribution in [0.25, 0.3) is 11.1 Å². The van der Waals surface area contributed by atoms with Crippen LogP contribution in [0, 0.1) is 6.92 Å². The molecule has 0 saturated carbocycles. The number of benzene rings is 2. The summed E-state index contributed by atoms with van der Waals surface area (Å²) in [5.74, 6) is 1.11. The Morgan fingerprint density at radius 3 is 2.17 bits per heavy atom. The van der Waals surface area contributed by atoms with Crippen LogP contribution in [0.5, 0.6) is 11.5 Å². The van der Waals surface area contributed by atoms with Gasteiger partial charge in [0.1, 0.15) is 29.6 Å². The summed E-state index contributed by atoms with van der Waals surface area (Å²) in [6.07, 6.45) is 0. The molecule has 2 heterocycles. The molecule has 0 unspecified atom stereocenters. The van der Waals surface area contributed by atoms with Crippen molar-refractivity contribution < 1.29 is 31.8 Å². The first-order chi connectivity index (χ1) is 16.7. The van der Waals surface area contributed by atoms with E-state index in [1.165, 1.54) is 17.9 Å². The van der Waals surface area contributed by atoms with Gasteiger partial charge in [0.2, 0.25) is 0 Å². The maximum absolute atomic E-state index is 12.6. The highest BCUT2D eigenvalue weighted by atomic mass is 32.2. The number of hydrogen-bond donors (Lipinski definition) is 1. The number of rotatable bonds is 8. The molecule has 1 N–H and O–H groups in total. The van der Waals surface area contributed by atoms with Crippen molar-refractivity contribution in [3.63, 3.8) is 0 Å². The van der Waals surface area contributed by atoms with Crippen molar-refractivity contribution in [1.29, 1.82) is 0 Å². The van der Waals surface area contributed by atoms with E-state index in [4.69, 9.17) is 18.6 Å². The van der Waals surface area contributed by atoms with Crippen molar-refractivity contribution in [2.24, 2.45) is 0 Å². The molecule has 1 aliphatic rings. The Hall–Kier alpha value is -3.92. The van der Waals surface area contributed by atoms with Crippen LogP contribution >= 0.6 is 0 Å². The van der Waals surface area contributed by atoms with Gasteiger partial charge in [0.25, 0.3) is 10.0 Å². The normalized spacial score (nSPS) is 13.5. The Morgan fingerprint density at radius 2 is 1.63 bits per heavy atom. The number of amides is 1. The lowest BCUT2D eigenvalue weighted by Gasteiger charge is -2.13. The third kappa shape index (κ3) is 5.27. The fourth-order valence-electron chi connectivity index (χ4n) is 3.66. The van der Waals surface area contributed by atoms with E-state index in [1.54, 1.807) is 21.1 Å². The summed E-state index contributed by atoms with van der Waals surface area (Å²) in [6, 6.07) is 16.8. The minimum absolute atomic E-state index is 0.0872. The van der Waals surface area contributed by atoms with Crippen LogP contribution in [0.1, 0.15) is 28.8 Å². The number of nitrogens with zero attached hydrogens (tertiary/aromatic N) is 1. The van der Waals surface area contributed by atoms with Gasteiger partial charge in [-0.1, -0.05) is 24.3 Å². The molecule has 3 aromatic rings. The summed E-state index contributed by atoms with van der Waals surface area (Å²) in [6.45, 7) is 3.46. The summed E-state index contributed by atoms with van der Waals surface area (Å²) in [7, 11) is -0.923. The second-order valence-corrected chi connectivity index (χ2v) is 9.60. The van der Waals surface area contributed by atoms with Crippen LogP contribution < -0.4 is 14.2 Å². The number of ether oxygens (including phenoxy) is 3. The minimum Gasteiger partial charge on any atom is -0.497 e. The molecule has 184 valence electrons. The molecule has 1 aromatic heterocycles. The number of sulfonamides is 1. The molecule has 0 atom stereocenters. The topological polar surface area (TPSA) is 107 Å². The van der Waals surface area contributed by atoms with E-state index < -0.39 is 15.9 Å². The number of methoxy groups -OCH3 is 1. The molecule has 1 aliphatic heterocycles. The van der Waals surface area contributed by atoms with Gasteiger partial charge in [-0.05, 0) is 55.3 Å². The standard InChI is InChI=1S/C25H26N2O7S/c1-16-20(13-23(34-16)24(28)26-35(29,30)25-17(2)33-15-27(25)3)14-32-22-11-7-19(8-12-22)18-5-9-21(31-4)10-6-18/h5-13H,14-15H2,1-4H3,(H,26,28). The van der Waals surface area contributed by atoms with Crippen molar-refractivity contribution in [1.82, 2.24) is 9.62 Å². The van der Waals surface area contributed by atoms with Gasteiger partial charge in [-0.2, -0.15) is 8.42 Å². The fraction of sp³-hybridized carbons (Fsp3) is 0.240. The maximum atomic E-state index is 12.6.